The zero-order valence-corrected chi connectivity index (χ0v) is 15.8. The molecule has 0 saturated heterocycles. The van der Waals surface area contributed by atoms with Crippen molar-refractivity contribution >= 4 is 29.5 Å². The zero-order valence-electron chi connectivity index (χ0n) is 15.0. The van der Waals surface area contributed by atoms with E-state index in [2.05, 4.69) is 31.4 Å². The molecule has 1 unspecified atom stereocenters. The minimum atomic E-state index is -0.447. The third-order valence-corrected chi connectivity index (χ3v) is 3.57. The summed E-state index contributed by atoms with van der Waals surface area (Å²) in [5.74, 6) is -0.145. The summed E-state index contributed by atoms with van der Waals surface area (Å²) in [6.07, 6.45) is 1.59. The average molecular weight is 341 g/mol. The van der Waals surface area contributed by atoms with E-state index in [-0.39, 0.29) is 11.3 Å². The lowest BCUT2D eigenvalue weighted by Crippen LogP contribution is -2.37. The Labute approximate surface area is 145 Å². The molecule has 0 aliphatic heterocycles. The predicted octanol–water partition coefficient (Wildman–Crippen LogP) is 4.17. The standard InChI is InChI=1S/C16H23ClN2O2.C2H6/c1-16(2,3)12-8-7-11(10-13(12)17)19-14(6-5-9-20)15(21)18-4;1-2/h7-10,14,19H,5-6H2,1-4H3,(H,18,21);1-2H3. The highest BCUT2D eigenvalue weighted by atomic mass is 35.5. The molecule has 0 saturated carbocycles. The minimum absolute atomic E-state index is 0.0344. The minimum Gasteiger partial charge on any atom is -0.374 e. The second-order valence-corrected chi connectivity index (χ2v) is 6.41. The van der Waals surface area contributed by atoms with Crippen molar-refractivity contribution in [2.75, 3.05) is 12.4 Å². The van der Waals surface area contributed by atoms with Crippen LogP contribution in [0.4, 0.5) is 5.69 Å². The van der Waals surface area contributed by atoms with Crippen LogP contribution in [0.2, 0.25) is 5.02 Å². The largest absolute Gasteiger partial charge is 0.374 e. The van der Waals surface area contributed by atoms with Crippen LogP contribution < -0.4 is 10.6 Å². The number of nitrogens with one attached hydrogen (secondary N) is 2. The first-order chi connectivity index (χ1) is 10.8. The molecule has 0 aliphatic rings. The summed E-state index contributed by atoms with van der Waals surface area (Å²) in [6.45, 7) is 10.3. The van der Waals surface area contributed by atoms with Gasteiger partial charge in [-0.3, -0.25) is 4.79 Å². The third-order valence-electron chi connectivity index (χ3n) is 3.25. The van der Waals surface area contributed by atoms with Crippen molar-refractivity contribution < 1.29 is 9.59 Å². The molecule has 1 aromatic carbocycles. The van der Waals surface area contributed by atoms with E-state index >= 15 is 0 Å². The normalized spacial score (nSPS) is 11.8. The number of carbonyl (C=O) groups is 2. The fourth-order valence-electron chi connectivity index (χ4n) is 2.09. The van der Waals surface area contributed by atoms with Crippen LogP contribution in [0.3, 0.4) is 0 Å². The van der Waals surface area contributed by atoms with Crippen LogP contribution in [0.1, 0.15) is 53.0 Å². The summed E-state index contributed by atoms with van der Waals surface area (Å²) in [4.78, 5) is 22.3. The van der Waals surface area contributed by atoms with Crippen molar-refractivity contribution in [2.24, 2.45) is 0 Å². The molecule has 0 aromatic heterocycles. The average Bonchev–Trinajstić information content (AvgIpc) is 2.51. The monoisotopic (exact) mass is 340 g/mol. The molecule has 1 rings (SSSR count). The zero-order chi connectivity index (χ0) is 18.0. The summed E-state index contributed by atoms with van der Waals surface area (Å²) in [6, 6.07) is 5.24. The van der Waals surface area contributed by atoms with Gasteiger partial charge in [0.15, 0.2) is 0 Å². The maximum atomic E-state index is 11.8. The Morgan fingerprint density at radius 3 is 2.35 bits per heavy atom. The van der Waals surface area contributed by atoms with E-state index in [4.69, 9.17) is 11.6 Å². The van der Waals surface area contributed by atoms with Crippen molar-refractivity contribution in [3.8, 4) is 0 Å². The van der Waals surface area contributed by atoms with Crippen LogP contribution in [0.15, 0.2) is 18.2 Å². The van der Waals surface area contributed by atoms with E-state index < -0.39 is 6.04 Å². The van der Waals surface area contributed by atoms with Crippen LogP contribution in [0.5, 0.6) is 0 Å². The van der Waals surface area contributed by atoms with Crippen LogP contribution in [0.25, 0.3) is 0 Å². The number of likely N-dealkylation sites (N-methyl/N-ethyl adjacent to an activating group) is 1. The lowest BCUT2D eigenvalue weighted by Gasteiger charge is -2.22. The topological polar surface area (TPSA) is 58.2 Å². The third kappa shape index (κ3) is 7.04. The SMILES string of the molecule is CC.CNC(=O)C(CCC=O)Nc1ccc(C(C)(C)C)c(Cl)c1. The van der Waals surface area contributed by atoms with Crippen molar-refractivity contribution in [3.05, 3.63) is 28.8 Å². The van der Waals surface area contributed by atoms with Crippen LogP contribution in [-0.4, -0.2) is 25.3 Å². The van der Waals surface area contributed by atoms with Crippen molar-refractivity contribution in [2.45, 2.75) is 58.9 Å². The number of hydrogen-bond donors (Lipinski definition) is 2. The lowest BCUT2D eigenvalue weighted by molar-refractivity contribution is -0.121. The first-order valence-corrected chi connectivity index (χ1v) is 8.39. The molecular weight excluding hydrogens is 312 g/mol. The van der Waals surface area contributed by atoms with E-state index in [1.807, 2.05) is 32.0 Å². The molecule has 4 nitrogen and oxygen atoms in total. The molecule has 5 heteroatoms. The van der Waals surface area contributed by atoms with Gasteiger partial charge in [-0.25, -0.2) is 0 Å². The van der Waals surface area contributed by atoms with Gasteiger partial charge in [-0.2, -0.15) is 0 Å². The van der Waals surface area contributed by atoms with E-state index in [0.29, 0.717) is 17.9 Å². The number of hydrogen-bond acceptors (Lipinski definition) is 3. The molecule has 1 amide bonds. The smallest absolute Gasteiger partial charge is 0.242 e. The van der Waals surface area contributed by atoms with Crippen LogP contribution in [0, 0.1) is 0 Å². The quantitative estimate of drug-likeness (QED) is 0.764. The summed E-state index contributed by atoms with van der Waals surface area (Å²) in [7, 11) is 1.58. The fourth-order valence-corrected chi connectivity index (χ4v) is 2.56. The van der Waals surface area contributed by atoms with E-state index in [0.717, 1.165) is 17.5 Å². The highest BCUT2D eigenvalue weighted by Crippen LogP contribution is 2.31. The highest BCUT2D eigenvalue weighted by Gasteiger charge is 2.19. The van der Waals surface area contributed by atoms with Crippen molar-refractivity contribution in [3.63, 3.8) is 0 Å². The maximum absolute atomic E-state index is 11.8. The lowest BCUT2D eigenvalue weighted by atomic mass is 9.87. The number of rotatable bonds is 6. The van der Waals surface area contributed by atoms with Gasteiger partial charge in [0.1, 0.15) is 12.3 Å². The van der Waals surface area contributed by atoms with Crippen molar-refractivity contribution in [1.82, 2.24) is 5.32 Å². The molecule has 1 aromatic rings. The Kier molecular flexibility index (Phi) is 9.58. The van der Waals surface area contributed by atoms with E-state index in [9.17, 15) is 9.59 Å². The first-order valence-electron chi connectivity index (χ1n) is 8.01. The van der Waals surface area contributed by atoms with Gasteiger partial charge in [0, 0.05) is 24.2 Å². The number of anilines is 1. The van der Waals surface area contributed by atoms with Gasteiger partial charge in [-0.1, -0.05) is 52.3 Å². The molecule has 0 aliphatic carbocycles. The first kappa shape index (κ1) is 21.4. The van der Waals surface area contributed by atoms with E-state index in [1.165, 1.54) is 0 Å². The van der Waals surface area contributed by atoms with Gasteiger partial charge in [0.2, 0.25) is 5.91 Å². The number of carbonyl (C=O) groups excluding carboxylic acids is 2. The molecule has 0 fully saturated rings. The second-order valence-electron chi connectivity index (χ2n) is 6.00. The number of halogens is 1. The molecule has 1 atom stereocenters. The van der Waals surface area contributed by atoms with Gasteiger partial charge in [0.05, 0.1) is 0 Å². The molecule has 0 heterocycles. The Balaban J connectivity index is 0.00000232. The molecule has 130 valence electrons. The van der Waals surface area contributed by atoms with Crippen molar-refractivity contribution in [1.29, 1.82) is 0 Å². The van der Waals surface area contributed by atoms with E-state index in [1.54, 1.807) is 7.05 Å². The Bertz CT molecular complexity index is 510. The Hall–Kier alpha value is -1.55. The van der Waals surface area contributed by atoms with Gasteiger partial charge >= 0.3 is 0 Å². The van der Waals surface area contributed by atoms with Gasteiger partial charge < -0.3 is 15.4 Å². The fraction of sp³-hybridized carbons (Fsp3) is 0.556. The molecule has 23 heavy (non-hydrogen) atoms. The second kappa shape index (κ2) is 10.3. The van der Waals surface area contributed by atoms with Crippen LogP contribution in [-0.2, 0) is 15.0 Å². The Morgan fingerprint density at radius 2 is 1.91 bits per heavy atom. The maximum Gasteiger partial charge on any atom is 0.242 e. The predicted molar refractivity (Wildman–Crippen MR) is 98.3 cm³/mol. The van der Waals surface area contributed by atoms with Gasteiger partial charge in [-0.15, -0.1) is 0 Å². The molecule has 0 bridgehead atoms. The van der Waals surface area contributed by atoms with Gasteiger partial charge in [-0.05, 0) is 29.5 Å². The molecule has 2 N–H and O–H groups in total. The highest BCUT2D eigenvalue weighted by molar-refractivity contribution is 6.31. The van der Waals surface area contributed by atoms with Crippen LogP contribution >= 0.6 is 11.6 Å². The number of benzene rings is 1. The summed E-state index contributed by atoms with van der Waals surface area (Å²) >= 11 is 6.32. The molecule has 0 spiro atoms. The molecular formula is C18H29ClN2O2. The van der Waals surface area contributed by atoms with Gasteiger partial charge in [0.25, 0.3) is 0 Å². The number of amides is 1. The summed E-state index contributed by atoms with van der Waals surface area (Å²) < 4.78 is 0. The summed E-state index contributed by atoms with van der Waals surface area (Å²) in [5.41, 5.74) is 1.79. The summed E-state index contributed by atoms with van der Waals surface area (Å²) in [5, 5.41) is 6.39. The number of aldehydes is 1. The Morgan fingerprint density at radius 1 is 1.30 bits per heavy atom. The molecule has 0 radical (unpaired) electrons.